The Kier molecular flexibility index (Phi) is 3.12. The summed E-state index contributed by atoms with van der Waals surface area (Å²) < 4.78 is 1.74. The lowest BCUT2D eigenvalue weighted by atomic mass is 10.2. The number of hydrogen-bond donors (Lipinski definition) is 1. The normalized spacial score (nSPS) is 19.3. The number of aromatic nitrogens is 3. The Morgan fingerprint density at radius 2 is 2.37 bits per heavy atom. The Morgan fingerprint density at radius 1 is 1.53 bits per heavy atom. The van der Waals surface area contributed by atoms with Gasteiger partial charge in [0.05, 0.1) is 12.6 Å². The van der Waals surface area contributed by atoms with Crippen LogP contribution < -0.4 is 4.90 Å². The van der Waals surface area contributed by atoms with E-state index in [-0.39, 0.29) is 17.9 Å². The van der Waals surface area contributed by atoms with Crippen LogP contribution in [0.5, 0.6) is 0 Å². The molecule has 1 atom stereocenters. The Bertz CT molecular complexity index is 627. The van der Waals surface area contributed by atoms with Gasteiger partial charge in [-0.25, -0.2) is 0 Å². The molecule has 3 heterocycles. The molecule has 1 N–H and O–H groups in total. The molecule has 3 rings (SSSR count). The molecule has 6 nitrogen and oxygen atoms in total. The molecule has 100 valence electrons. The van der Waals surface area contributed by atoms with Gasteiger partial charge in [-0.05, 0) is 30.5 Å². The maximum Gasteiger partial charge on any atom is 0.227 e. The van der Waals surface area contributed by atoms with Crippen LogP contribution in [0, 0.1) is 0 Å². The Hall–Kier alpha value is -1.66. The molecule has 19 heavy (non-hydrogen) atoms. The highest BCUT2D eigenvalue weighted by molar-refractivity contribution is 6.28. The van der Waals surface area contributed by atoms with Crippen molar-refractivity contribution in [1.82, 2.24) is 14.4 Å². The molecule has 0 amide bonds. The van der Waals surface area contributed by atoms with E-state index >= 15 is 0 Å². The van der Waals surface area contributed by atoms with E-state index in [4.69, 9.17) is 11.6 Å². The molecule has 0 unspecified atom stereocenters. The van der Waals surface area contributed by atoms with Gasteiger partial charge in [-0.1, -0.05) is 0 Å². The number of carbonyl (C=O) groups excluding carboxylic acids is 1. The molecule has 0 aromatic carbocycles. The van der Waals surface area contributed by atoms with Crippen LogP contribution in [0.2, 0.25) is 5.28 Å². The number of rotatable bonds is 3. The summed E-state index contributed by atoms with van der Waals surface area (Å²) in [5.41, 5.74) is 1.11. The smallest absolute Gasteiger partial charge is 0.227 e. The van der Waals surface area contributed by atoms with Gasteiger partial charge in [-0.15, -0.1) is 0 Å². The number of hydrogen-bond acceptors (Lipinski definition) is 5. The van der Waals surface area contributed by atoms with E-state index in [1.54, 1.807) is 16.7 Å². The SMILES string of the molecule is O=Cc1cc2nc(Cl)nc(N3CCC[C@H]3CO)n2c1. The molecule has 2 aromatic rings. The first kappa shape index (κ1) is 12.4. The van der Waals surface area contributed by atoms with E-state index in [2.05, 4.69) is 9.97 Å². The number of nitrogens with zero attached hydrogens (tertiary/aromatic N) is 4. The molecule has 0 saturated carbocycles. The van der Waals surface area contributed by atoms with Crippen LogP contribution in [0.3, 0.4) is 0 Å². The van der Waals surface area contributed by atoms with Gasteiger partial charge in [-0.2, -0.15) is 9.97 Å². The lowest BCUT2D eigenvalue weighted by Crippen LogP contribution is -2.34. The van der Waals surface area contributed by atoms with Gasteiger partial charge in [0, 0.05) is 18.3 Å². The third-order valence-electron chi connectivity index (χ3n) is 3.42. The highest BCUT2D eigenvalue weighted by Crippen LogP contribution is 2.26. The van der Waals surface area contributed by atoms with Gasteiger partial charge in [0.2, 0.25) is 11.2 Å². The second-order valence-electron chi connectivity index (χ2n) is 4.58. The van der Waals surface area contributed by atoms with Gasteiger partial charge in [-0.3, -0.25) is 9.20 Å². The predicted octanol–water partition coefficient (Wildman–Crippen LogP) is 1.16. The van der Waals surface area contributed by atoms with Crippen LogP contribution in [-0.2, 0) is 0 Å². The first-order chi connectivity index (χ1) is 9.22. The number of aldehydes is 1. The quantitative estimate of drug-likeness (QED) is 0.854. The van der Waals surface area contributed by atoms with E-state index in [0.29, 0.717) is 17.2 Å². The van der Waals surface area contributed by atoms with Gasteiger partial charge < -0.3 is 10.0 Å². The van der Waals surface area contributed by atoms with Gasteiger partial charge in [0.25, 0.3) is 0 Å². The van der Waals surface area contributed by atoms with Crippen molar-refractivity contribution in [3.05, 3.63) is 23.1 Å². The minimum absolute atomic E-state index is 0.0382. The summed E-state index contributed by atoms with van der Waals surface area (Å²) in [6.45, 7) is 0.882. The number of fused-ring (bicyclic) bond motifs is 1. The van der Waals surface area contributed by atoms with Crippen molar-refractivity contribution in [3.63, 3.8) is 0 Å². The van der Waals surface area contributed by atoms with Crippen LogP contribution in [0.1, 0.15) is 23.2 Å². The monoisotopic (exact) mass is 280 g/mol. The summed E-state index contributed by atoms with van der Waals surface area (Å²) in [6.07, 6.45) is 4.36. The molecule has 0 radical (unpaired) electrons. The topological polar surface area (TPSA) is 70.7 Å². The summed E-state index contributed by atoms with van der Waals surface area (Å²) in [5.74, 6) is 0.625. The average molecular weight is 281 g/mol. The van der Waals surface area contributed by atoms with E-state index < -0.39 is 0 Å². The Balaban J connectivity index is 2.16. The van der Waals surface area contributed by atoms with Gasteiger partial charge in [0.1, 0.15) is 5.65 Å². The fourth-order valence-corrected chi connectivity index (χ4v) is 2.69. The molecule has 1 aliphatic rings. The summed E-state index contributed by atoms with van der Waals surface area (Å²) in [6, 6.07) is 1.70. The molecule has 0 aliphatic carbocycles. The van der Waals surface area contributed by atoms with E-state index in [1.165, 1.54) is 0 Å². The third-order valence-corrected chi connectivity index (χ3v) is 3.59. The first-order valence-electron chi connectivity index (χ1n) is 6.11. The number of anilines is 1. The summed E-state index contributed by atoms with van der Waals surface area (Å²) in [4.78, 5) is 21.2. The average Bonchev–Trinajstić information content (AvgIpc) is 3.02. The highest BCUT2D eigenvalue weighted by atomic mass is 35.5. The van der Waals surface area contributed by atoms with Crippen molar-refractivity contribution in [3.8, 4) is 0 Å². The van der Waals surface area contributed by atoms with Crippen LogP contribution >= 0.6 is 11.6 Å². The number of aliphatic hydroxyl groups excluding tert-OH is 1. The first-order valence-corrected chi connectivity index (χ1v) is 6.49. The van der Waals surface area contributed by atoms with Crippen molar-refractivity contribution in [2.45, 2.75) is 18.9 Å². The van der Waals surface area contributed by atoms with Crippen molar-refractivity contribution in [1.29, 1.82) is 0 Å². The van der Waals surface area contributed by atoms with Crippen molar-refractivity contribution in [2.24, 2.45) is 0 Å². The maximum absolute atomic E-state index is 10.9. The summed E-state index contributed by atoms with van der Waals surface area (Å²) in [7, 11) is 0. The van der Waals surface area contributed by atoms with Crippen LogP contribution in [0.25, 0.3) is 5.65 Å². The summed E-state index contributed by atoms with van der Waals surface area (Å²) in [5, 5.41) is 9.55. The molecule has 0 bridgehead atoms. The van der Waals surface area contributed by atoms with Crippen molar-refractivity contribution >= 4 is 29.5 Å². The van der Waals surface area contributed by atoms with Crippen LogP contribution in [0.4, 0.5) is 5.95 Å². The lowest BCUT2D eigenvalue weighted by Gasteiger charge is -2.24. The summed E-state index contributed by atoms with van der Waals surface area (Å²) >= 11 is 5.93. The number of aliphatic hydroxyl groups is 1. The molecule has 1 saturated heterocycles. The Morgan fingerprint density at radius 3 is 3.11 bits per heavy atom. The van der Waals surface area contributed by atoms with Crippen molar-refractivity contribution in [2.75, 3.05) is 18.1 Å². The number of halogens is 1. The highest BCUT2D eigenvalue weighted by Gasteiger charge is 2.27. The zero-order valence-corrected chi connectivity index (χ0v) is 10.9. The van der Waals surface area contributed by atoms with Crippen LogP contribution in [-0.4, -0.2) is 45.0 Å². The molecule has 2 aromatic heterocycles. The molecule has 1 aliphatic heterocycles. The molecule has 1 fully saturated rings. The standard InChI is InChI=1S/C12H13ClN4O2/c13-11-14-10-4-8(6-18)5-17(10)12(15-11)16-3-1-2-9(16)7-19/h4-6,9,19H,1-3,7H2/t9-/m0/s1. The fourth-order valence-electron chi connectivity index (χ4n) is 2.53. The van der Waals surface area contributed by atoms with E-state index in [0.717, 1.165) is 25.7 Å². The molecular weight excluding hydrogens is 268 g/mol. The molecular formula is C12H13ClN4O2. The minimum atomic E-state index is 0.0382. The van der Waals surface area contributed by atoms with E-state index in [1.807, 2.05) is 4.90 Å². The maximum atomic E-state index is 10.9. The Labute approximate surface area is 114 Å². The zero-order valence-electron chi connectivity index (χ0n) is 10.2. The van der Waals surface area contributed by atoms with Gasteiger partial charge in [0.15, 0.2) is 6.29 Å². The second-order valence-corrected chi connectivity index (χ2v) is 4.92. The molecule has 7 heteroatoms. The van der Waals surface area contributed by atoms with Gasteiger partial charge >= 0.3 is 0 Å². The van der Waals surface area contributed by atoms with Crippen molar-refractivity contribution < 1.29 is 9.90 Å². The second kappa shape index (κ2) is 4.79. The zero-order chi connectivity index (χ0) is 13.4. The fraction of sp³-hybridized carbons (Fsp3) is 0.417. The van der Waals surface area contributed by atoms with E-state index in [9.17, 15) is 9.90 Å². The minimum Gasteiger partial charge on any atom is -0.394 e. The number of carbonyl (C=O) groups is 1. The van der Waals surface area contributed by atoms with Crippen LogP contribution in [0.15, 0.2) is 12.3 Å². The third kappa shape index (κ3) is 2.06. The molecule has 0 spiro atoms. The largest absolute Gasteiger partial charge is 0.394 e. The lowest BCUT2D eigenvalue weighted by molar-refractivity contribution is 0.112. The predicted molar refractivity (Wildman–Crippen MR) is 70.8 cm³/mol.